The number of fused-ring (bicyclic) bond motifs is 2. The number of hydrogen-bond donors (Lipinski definition) is 0. The molecule has 3 fully saturated rings. The second-order valence-corrected chi connectivity index (χ2v) is 4.51. The zero-order chi connectivity index (χ0) is 7.47. The van der Waals surface area contributed by atoms with Crippen molar-refractivity contribution in [2.45, 2.75) is 30.8 Å². The Balaban J connectivity index is 1.90. The van der Waals surface area contributed by atoms with Gasteiger partial charge >= 0.3 is 0 Å². The Morgan fingerprint density at radius 1 is 1.36 bits per heavy atom. The fraction of sp³-hybridized carbons (Fsp3) is 1.00. The Kier molecular flexibility index (Phi) is 1.06. The number of likely N-dealkylation sites (N-methyl/N-ethyl adjacent to an activating group) is 1. The van der Waals surface area contributed by atoms with Gasteiger partial charge in [0.15, 0.2) is 0 Å². The predicted molar refractivity (Wildman–Crippen MR) is 44.6 cm³/mol. The first kappa shape index (κ1) is 6.44. The lowest BCUT2D eigenvalue weighted by atomic mass is 10.1. The van der Waals surface area contributed by atoms with E-state index in [-0.39, 0.29) is 0 Å². The van der Waals surface area contributed by atoms with Gasteiger partial charge < -0.3 is 0 Å². The fourth-order valence-electron chi connectivity index (χ4n) is 2.84. The highest BCUT2D eigenvalue weighted by Crippen LogP contribution is 2.47. The van der Waals surface area contributed by atoms with Gasteiger partial charge in [0.05, 0.1) is 0 Å². The molecule has 2 heteroatoms. The molecule has 0 aromatic carbocycles. The summed E-state index contributed by atoms with van der Waals surface area (Å²) in [6, 6.07) is 0.895. The first-order valence-electron chi connectivity index (χ1n) is 4.75. The average molecular weight is 152 g/mol. The van der Waals surface area contributed by atoms with Gasteiger partial charge in [0.25, 0.3) is 0 Å². The number of piperazine rings is 1. The molecule has 11 heavy (non-hydrogen) atoms. The minimum absolute atomic E-state index is 0.652. The SMILES string of the molecule is CN1C2CCN(C2)CC12CC2. The van der Waals surface area contributed by atoms with Crippen molar-refractivity contribution in [1.29, 1.82) is 0 Å². The summed E-state index contributed by atoms with van der Waals surface area (Å²) >= 11 is 0. The molecule has 1 saturated carbocycles. The maximum absolute atomic E-state index is 2.66. The Morgan fingerprint density at radius 3 is 2.91 bits per heavy atom. The lowest BCUT2D eigenvalue weighted by Gasteiger charge is -2.39. The smallest absolute Gasteiger partial charge is 0.0338 e. The molecule has 1 spiro atoms. The van der Waals surface area contributed by atoms with Gasteiger partial charge in [-0.15, -0.1) is 0 Å². The molecule has 2 bridgehead atoms. The van der Waals surface area contributed by atoms with E-state index in [2.05, 4.69) is 16.8 Å². The first-order valence-corrected chi connectivity index (χ1v) is 4.75. The summed E-state index contributed by atoms with van der Waals surface area (Å²) in [5.74, 6) is 0. The molecular weight excluding hydrogens is 136 g/mol. The molecule has 2 saturated heterocycles. The van der Waals surface area contributed by atoms with Gasteiger partial charge in [-0.2, -0.15) is 0 Å². The summed E-state index contributed by atoms with van der Waals surface area (Å²) in [5.41, 5.74) is 0.652. The molecule has 0 aromatic heterocycles. The van der Waals surface area contributed by atoms with E-state index < -0.39 is 0 Å². The lowest BCUT2D eigenvalue weighted by molar-refractivity contribution is 0.0824. The van der Waals surface area contributed by atoms with Crippen molar-refractivity contribution >= 4 is 0 Å². The Hall–Kier alpha value is -0.0800. The molecule has 0 aromatic rings. The topological polar surface area (TPSA) is 6.48 Å². The molecule has 1 aliphatic carbocycles. The van der Waals surface area contributed by atoms with Gasteiger partial charge in [0.2, 0.25) is 0 Å². The van der Waals surface area contributed by atoms with Crippen molar-refractivity contribution in [2.75, 3.05) is 26.7 Å². The maximum atomic E-state index is 2.66. The second-order valence-electron chi connectivity index (χ2n) is 4.51. The summed E-state index contributed by atoms with van der Waals surface area (Å²) in [7, 11) is 2.33. The van der Waals surface area contributed by atoms with Crippen LogP contribution in [0.25, 0.3) is 0 Å². The molecule has 62 valence electrons. The van der Waals surface area contributed by atoms with Crippen molar-refractivity contribution in [2.24, 2.45) is 0 Å². The van der Waals surface area contributed by atoms with E-state index in [4.69, 9.17) is 0 Å². The van der Waals surface area contributed by atoms with Gasteiger partial charge in [0.1, 0.15) is 0 Å². The summed E-state index contributed by atoms with van der Waals surface area (Å²) in [4.78, 5) is 5.31. The Labute approximate surface area is 68.2 Å². The van der Waals surface area contributed by atoms with Crippen LogP contribution < -0.4 is 0 Å². The summed E-state index contributed by atoms with van der Waals surface area (Å²) in [5, 5.41) is 0. The molecule has 2 atom stereocenters. The lowest BCUT2D eigenvalue weighted by Crippen LogP contribution is -2.53. The van der Waals surface area contributed by atoms with Crippen LogP contribution in [0.4, 0.5) is 0 Å². The van der Waals surface area contributed by atoms with Crippen LogP contribution in [0.2, 0.25) is 0 Å². The minimum Gasteiger partial charge on any atom is -0.300 e. The van der Waals surface area contributed by atoms with Crippen molar-refractivity contribution in [3.63, 3.8) is 0 Å². The second kappa shape index (κ2) is 1.80. The van der Waals surface area contributed by atoms with Crippen LogP contribution in [0.15, 0.2) is 0 Å². The van der Waals surface area contributed by atoms with Crippen LogP contribution in [0.1, 0.15) is 19.3 Å². The van der Waals surface area contributed by atoms with E-state index in [1.807, 2.05) is 0 Å². The van der Waals surface area contributed by atoms with Crippen LogP contribution in [0.3, 0.4) is 0 Å². The van der Waals surface area contributed by atoms with Crippen LogP contribution in [-0.2, 0) is 0 Å². The molecule has 2 heterocycles. The van der Waals surface area contributed by atoms with E-state index in [1.54, 1.807) is 0 Å². The molecular formula is C9H16N2. The van der Waals surface area contributed by atoms with Crippen molar-refractivity contribution in [1.82, 2.24) is 9.80 Å². The average Bonchev–Trinajstić information content (AvgIpc) is 2.62. The Bertz CT molecular complexity index is 186. The van der Waals surface area contributed by atoms with E-state index in [1.165, 1.54) is 38.9 Å². The van der Waals surface area contributed by atoms with Crippen LogP contribution in [0, 0.1) is 0 Å². The highest BCUT2D eigenvalue weighted by atomic mass is 15.4. The molecule has 2 aliphatic heterocycles. The Morgan fingerprint density at radius 2 is 2.18 bits per heavy atom. The normalized spacial score (nSPS) is 46.6. The quantitative estimate of drug-likeness (QED) is 0.500. The predicted octanol–water partition coefficient (Wildman–Crippen LogP) is 0.539. The summed E-state index contributed by atoms with van der Waals surface area (Å²) < 4.78 is 0. The monoisotopic (exact) mass is 152 g/mol. The summed E-state index contributed by atoms with van der Waals surface area (Å²) in [6.45, 7) is 4.06. The van der Waals surface area contributed by atoms with Gasteiger partial charge in [-0.3, -0.25) is 9.80 Å². The van der Waals surface area contributed by atoms with Gasteiger partial charge in [0, 0.05) is 24.7 Å². The number of rotatable bonds is 0. The van der Waals surface area contributed by atoms with Crippen LogP contribution in [0.5, 0.6) is 0 Å². The zero-order valence-corrected chi connectivity index (χ0v) is 7.21. The van der Waals surface area contributed by atoms with Crippen LogP contribution >= 0.6 is 0 Å². The van der Waals surface area contributed by atoms with Crippen LogP contribution in [-0.4, -0.2) is 48.1 Å². The minimum atomic E-state index is 0.652. The first-order chi connectivity index (χ1) is 5.30. The zero-order valence-electron chi connectivity index (χ0n) is 7.21. The third-order valence-electron chi connectivity index (χ3n) is 3.89. The van der Waals surface area contributed by atoms with Gasteiger partial charge in [-0.1, -0.05) is 0 Å². The third kappa shape index (κ3) is 0.744. The van der Waals surface area contributed by atoms with Crippen molar-refractivity contribution < 1.29 is 0 Å². The molecule has 3 aliphatic rings. The molecule has 2 nitrogen and oxygen atoms in total. The van der Waals surface area contributed by atoms with Gasteiger partial charge in [-0.05, 0) is 32.9 Å². The molecule has 2 unspecified atom stereocenters. The highest BCUT2D eigenvalue weighted by molar-refractivity contribution is 5.11. The largest absolute Gasteiger partial charge is 0.300 e. The molecule has 3 rings (SSSR count). The molecule has 0 N–H and O–H groups in total. The van der Waals surface area contributed by atoms with Gasteiger partial charge in [-0.25, -0.2) is 0 Å². The van der Waals surface area contributed by atoms with E-state index >= 15 is 0 Å². The third-order valence-corrected chi connectivity index (χ3v) is 3.89. The number of hydrogen-bond acceptors (Lipinski definition) is 2. The van der Waals surface area contributed by atoms with E-state index in [0.29, 0.717) is 5.54 Å². The van der Waals surface area contributed by atoms with E-state index in [9.17, 15) is 0 Å². The summed E-state index contributed by atoms with van der Waals surface area (Å²) in [6.07, 6.45) is 4.32. The molecule has 0 radical (unpaired) electrons. The standard InChI is InChI=1S/C9H16N2/c1-10-8-2-5-11(6-8)7-9(10)3-4-9/h8H,2-7H2,1H3. The van der Waals surface area contributed by atoms with Crippen molar-refractivity contribution in [3.8, 4) is 0 Å². The maximum Gasteiger partial charge on any atom is 0.0338 e. The fourth-order valence-corrected chi connectivity index (χ4v) is 2.84. The van der Waals surface area contributed by atoms with Crippen molar-refractivity contribution in [3.05, 3.63) is 0 Å². The highest BCUT2D eigenvalue weighted by Gasteiger charge is 2.54. The molecule has 0 amide bonds. The number of nitrogens with zero attached hydrogens (tertiary/aromatic N) is 2. The van der Waals surface area contributed by atoms with E-state index in [0.717, 1.165) is 6.04 Å².